The monoisotopic (exact) mass is 413 g/mol. The summed E-state index contributed by atoms with van der Waals surface area (Å²) >= 11 is 0. The van der Waals surface area contributed by atoms with Crippen molar-refractivity contribution in [3.8, 4) is 23.0 Å². The quantitative estimate of drug-likeness (QED) is 0.506. The number of imidazole rings is 1. The highest BCUT2D eigenvalue weighted by atomic mass is 15.4. The number of fused-ring (bicyclic) bond motifs is 3. The van der Waals surface area contributed by atoms with Crippen LogP contribution in [0, 0.1) is 6.92 Å². The van der Waals surface area contributed by atoms with Crippen molar-refractivity contribution < 1.29 is 0 Å². The summed E-state index contributed by atoms with van der Waals surface area (Å²) in [5.74, 6) is 3.35. The Bertz CT molecular complexity index is 1240. The predicted octanol–water partition coefficient (Wildman–Crippen LogP) is 3.44. The predicted molar refractivity (Wildman–Crippen MR) is 115 cm³/mol. The Morgan fingerprint density at radius 3 is 2.65 bits per heavy atom. The van der Waals surface area contributed by atoms with Crippen molar-refractivity contribution >= 4 is 5.82 Å². The van der Waals surface area contributed by atoms with E-state index in [0.29, 0.717) is 12.0 Å². The molecule has 1 aliphatic heterocycles. The number of rotatable bonds is 4. The molecule has 0 amide bonds. The van der Waals surface area contributed by atoms with Crippen LogP contribution in [0.2, 0.25) is 0 Å². The topological polar surface area (TPSA) is 90.4 Å². The van der Waals surface area contributed by atoms with Crippen LogP contribution in [0.3, 0.4) is 0 Å². The van der Waals surface area contributed by atoms with E-state index >= 15 is 0 Å². The van der Waals surface area contributed by atoms with E-state index in [0.717, 1.165) is 40.8 Å². The number of pyridine rings is 1. The minimum Gasteiger partial charge on any atom is -0.341 e. The molecular formula is C22H23N9. The van der Waals surface area contributed by atoms with Gasteiger partial charge in [0.05, 0.1) is 11.7 Å². The third-order valence-electron chi connectivity index (χ3n) is 6.37. The molecule has 1 aliphatic carbocycles. The molecule has 4 aromatic rings. The maximum Gasteiger partial charge on any atom is 0.237 e. The minimum absolute atomic E-state index is 0.157. The average Bonchev–Trinajstić information content (AvgIpc) is 3.43. The van der Waals surface area contributed by atoms with Gasteiger partial charge in [0, 0.05) is 36.4 Å². The summed E-state index contributed by atoms with van der Waals surface area (Å²) in [7, 11) is 0. The highest BCUT2D eigenvalue weighted by molar-refractivity contribution is 5.66. The summed E-state index contributed by atoms with van der Waals surface area (Å²) in [6.45, 7) is 4.23. The zero-order chi connectivity index (χ0) is 20.9. The van der Waals surface area contributed by atoms with Gasteiger partial charge in [-0.25, -0.2) is 9.97 Å². The van der Waals surface area contributed by atoms with Crippen LogP contribution >= 0.6 is 0 Å². The molecule has 0 radical (unpaired) electrons. The Morgan fingerprint density at radius 1 is 1.06 bits per heavy atom. The van der Waals surface area contributed by atoms with Gasteiger partial charge in [-0.2, -0.15) is 4.98 Å². The Kier molecular flexibility index (Phi) is 4.09. The zero-order valence-electron chi connectivity index (χ0n) is 17.5. The molecule has 2 aliphatic rings. The molecule has 9 nitrogen and oxygen atoms in total. The third kappa shape index (κ3) is 2.69. The van der Waals surface area contributed by atoms with Crippen LogP contribution in [-0.4, -0.2) is 45.3 Å². The number of nitrogens with zero attached hydrogens (tertiary/aromatic N) is 9. The van der Waals surface area contributed by atoms with Gasteiger partial charge in [0.25, 0.3) is 0 Å². The van der Waals surface area contributed by atoms with Gasteiger partial charge in [-0.3, -0.25) is 14.1 Å². The second kappa shape index (κ2) is 6.97. The molecule has 0 aromatic carbocycles. The summed E-state index contributed by atoms with van der Waals surface area (Å²) in [4.78, 5) is 21.1. The van der Waals surface area contributed by atoms with Gasteiger partial charge < -0.3 is 4.90 Å². The van der Waals surface area contributed by atoms with Gasteiger partial charge in [0.15, 0.2) is 11.6 Å². The van der Waals surface area contributed by atoms with Crippen molar-refractivity contribution in [1.29, 1.82) is 0 Å². The van der Waals surface area contributed by atoms with E-state index in [2.05, 4.69) is 36.6 Å². The average molecular weight is 413 g/mol. The Morgan fingerprint density at radius 2 is 1.90 bits per heavy atom. The molecule has 0 spiro atoms. The lowest BCUT2D eigenvalue weighted by Gasteiger charge is -2.45. The van der Waals surface area contributed by atoms with Crippen LogP contribution in [0.5, 0.6) is 0 Å². The van der Waals surface area contributed by atoms with E-state index in [-0.39, 0.29) is 6.04 Å². The van der Waals surface area contributed by atoms with Gasteiger partial charge in [-0.15, -0.1) is 10.2 Å². The van der Waals surface area contributed by atoms with Crippen molar-refractivity contribution in [2.75, 3.05) is 4.90 Å². The van der Waals surface area contributed by atoms with E-state index in [9.17, 15) is 0 Å². The highest BCUT2D eigenvalue weighted by Crippen LogP contribution is 2.44. The van der Waals surface area contributed by atoms with Crippen molar-refractivity contribution in [3.05, 3.63) is 54.8 Å². The third-order valence-corrected chi connectivity index (χ3v) is 6.37. The standard InChI is InChI=1S/C22H23N9/c1-3-17-20-28-25-13-30(20)18-14(2)26-22(27-21(18)31(17)16-5-4-6-16)29-12-11-24-19(29)15-7-9-23-10-8-15/h7-13,16-17H,3-6H2,1-2H3/t17-/m1/s1. The van der Waals surface area contributed by atoms with Crippen LogP contribution in [0.4, 0.5) is 5.82 Å². The second-order valence-corrected chi connectivity index (χ2v) is 8.11. The number of anilines is 1. The molecule has 9 heteroatoms. The molecule has 156 valence electrons. The fourth-order valence-corrected chi connectivity index (χ4v) is 4.67. The maximum atomic E-state index is 5.11. The molecule has 6 rings (SSSR count). The molecular weight excluding hydrogens is 390 g/mol. The molecule has 0 bridgehead atoms. The fraction of sp³-hybridized carbons (Fsp3) is 0.364. The Labute approximate surface area is 179 Å². The van der Waals surface area contributed by atoms with Crippen molar-refractivity contribution in [2.24, 2.45) is 0 Å². The second-order valence-electron chi connectivity index (χ2n) is 8.11. The Hall–Kier alpha value is -3.62. The molecule has 0 unspecified atom stereocenters. The highest BCUT2D eigenvalue weighted by Gasteiger charge is 2.40. The fourth-order valence-electron chi connectivity index (χ4n) is 4.67. The van der Waals surface area contributed by atoms with Gasteiger partial charge in [0.1, 0.15) is 17.8 Å². The summed E-state index contributed by atoms with van der Waals surface area (Å²) < 4.78 is 4.01. The van der Waals surface area contributed by atoms with Gasteiger partial charge in [-0.1, -0.05) is 6.92 Å². The van der Waals surface area contributed by atoms with Crippen molar-refractivity contribution in [1.82, 2.24) is 39.3 Å². The molecule has 0 N–H and O–H groups in total. The first-order valence-corrected chi connectivity index (χ1v) is 10.8. The summed E-state index contributed by atoms with van der Waals surface area (Å²) in [5, 5.41) is 8.68. The van der Waals surface area contributed by atoms with E-state index in [4.69, 9.17) is 9.97 Å². The lowest BCUT2D eigenvalue weighted by molar-refractivity contribution is 0.341. The lowest BCUT2D eigenvalue weighted by atomic mass is 9.89. The van der Waals surface area contributed by atoms with Gasteiger partial charge in [-0.05, 0) is 44.7 Å². The molecule has 5 heterocycles. The first-order chi connectivity index (χ1) is 15.3. The van der Waals surface area contributed by atoms with Gasteiger partial charge >= 0.3 is 0 Å². The molecule has 1 saturated carbocycles. The minimum atomic E-state index is 0.157. The van der Waals surface area contributed by atoms with E-state index < -0.39 is 0 Å². The molecule has 4 aromatic heterocycles. The molecule has 31 heavy (non-hydrogen) atoms. The largest absolute Gasteiger partial charge is 0.341 e. The van der Waals surface area contributed by atoms with Crippen LogP contribution in [0.25, 0.3) is 23.0 Å². The smallest absolute Gasteiger partial charge is 0.237 e. The van der Waals surface area contributed by atoms with Crippen LogP contribution in [0.15, 0.2) is 43.2 Å². The number of hydrogen-bond donors (Lipinski definition) is 0. The zero-order valence-corrected chi connectivity index (χ0v) is 17.5. The number of aromatic nitrogens is 8. The Balaban J connectivity index is 1.55. The lowest BCUT2D eigenvalue weighted by Crippen LogP contribution is -2.46. The summed E-state index contributed by atoms with van der Waals surface area (Å²) in [5.41, 5.74) is 2.85. The number of aryl methyl sites for hydroxylation is 1. The van der Waals surface area contributed by atoms with Gasteiger partial charge in [0.2, 0.25) is 5.95 Å². The number of hydrogen-bond acceptors (Lipinski definition) is 7. The van der Waals surface area contributed by atoms with E-state index in [1.54, 1.807) is 24.9 Å². The first-order valence-electron chi connectivity index (χ1n) is 10.8. The summed E-state index contributed by atoms with van der Waals surface area (Å²) in [6.07, 6.45) is 13.6. The summed E-state index contributed by atoms with van der Waals surface area (Å²) in [6, 6.07) is 4.52. The molecule has 1 atom stereocenters. The van der Waals surface area contributed by atoms with Crippen molar-refractivity contribution in [3.63, 3.8) is 0 Å². The van der Waals surface area contributed by atoms with E-state index in [1.807, 2.05) is 29.8 Å². The maximum absolute atomic E-state index is 5.11. The first kappa shape index (κ1) is 18.2. The van der Waals surface area contributed by atoms with Crippen LogP contribution in [-0.2, 0) is 0 Å². The van der Waals surface area contributed by atoms with Crippen LogP contribution in [0.1, 0.15) is 50.2 Å². The SMILES string of the molecule is CC[C@@H]1c2nncn2-c2c(C)nc(-n3ccnc3-c3ccncc3)nc2N1C1CCC1. The van der Waals surface area contributed by atoms with Crippen molar-refractivity contribution in [2.45, 2.75) is 51.6 Å². The van der Waals surface area contributed by atoms with E-state index in [1.165, 1.54) is 19.3 Å². The molecule has 1 fully saturated rings. The van der Waals surface area contributed by atoms with Crippen LogP contribution < -0.4 is 4.90 Å². The normalized spacial score (nSPS) is 17.9. The molecule has 0 saturated heterocycles.